The van der Waals surface area contributed by atoms with Crippen molar-refractivity contribution in [2.24, 2.45) is 5.10 Å². The molecule has 0 radical (unpaired) electrons. The van der Waals surface area contributed by atoms with E-state index in [9.17, 15) is 22.4 Å². The molecule has 1 aromatic heterocycles. The van der Waals surface area contributed by atoms with Crippen LogP contribution in [0.5, 0.6) is 5.75 Å². The summed E-state index contributed by atoms with van der Waals surface area (Å²) in [6, 6.07) is 10.3. The number of thiophene rings is 1. The molecule has 0 unspecified atom stereocenters. The van der Waals surface area contributed by atoms with Gasteiger partial charge in [-0.15, -0.1) is 11.3 Å². The third-order valence-corrected chi connectivity index (χ3v) is 6.92. The number of rotatable bonds is 9. The van der Waals surface area contributed by atoms with Gasteiger partial charge in [0.15, 0.2) is 6.61 Å². The van der Waals surface area contributed by atoms with Crippen molar-refractivity contribution in [3.05, 3.63) is 75.9 Å². The second-order valence-corrected chi connectivity index (χ2v) is 9.58. The molecule has 0 aliphatic heterocycles. The van der Waals surface area contributed by atoms with E-state index in [1.807, 2.05) is 0 Å². The summed E-state index contributed by atoms with van der Waals surface area (Å²) in [5.41, 5.74) is 2.12. The topological polar surface area (TPSA) is 134 Å². The molecule has 172 valence electrons. The predicted octanol–water partition coefficient (Wildman–Crippen LogP) is 3.57. The Bertz CT molecular complexity index is 1310. The lowest BCUT2D eigenvalue weighted by Crippen LogP contribution is -2.21. The number of halogens is 2. The van der Waals surface area contributed by atoms with E-state index >= 15 is 0 Å². The molecule has 0 fully saturated rings. The highest BCUT2D eigenvalue weighted by Gasteiger charge is 2.20. The molecule has 1 amide bonds. The first-order valence-electron chi connectivity index (χ1n) is 8.99. The van der Waals surface area contributed by atoms with E-state index in [1.54, 1.807) is 11.4 Å². The molecular weight excluding hydrogens is 497 g/mol. The molecular formula is C20H15ClFN3O6S2. The van der Waals surface area contributed by atoms with Crippen molar-refractivity contribution in [3.63, 3.8) is 0 Å². The number of nitrogens with zero attached hydrogens (tertiary/aromatic N) is 1. The monoisotopic (exact) mass is 511 g/mol. The van der Waals surface area contributed by atoms with Crippen LogP contribution in [0.15, 0.2) is 63.2 Å². The Hall–Kier alpha value is -3.48. The fourth-order valence-corrected chi connectivity index (χ4v) is 4.76. The summed E-state index contributed by atoms with van der Waals surface area (Å²) in [4.78, 5) is 23.3. The average Bonchev–Trinajstić information content (AvgIpc) is 3.30. The van der Waals surface area contributed by atoms with Crippen LogP contribution in [0, 0.1) is 5.82 Å². The molecule has 33 heavy (non-hydrogen) atoms. The summed E-state index contributed by atoms with van der Waals surface area (Å²) < 4.78 is 46.0. The smallest absolute Gasteiger partial charge is 0.341 e. The third kappa shape index (κ3) is 6.51. The number of anilines is 1. The maximum Gasteiger partial charge on any atom is 0.341 e. The molecule has 0 spiro atoms. The summed E-state index contributed by atoms with van der Waals surface area (Å²) in [5, 5.41) is 14.2. The summed E-state index contributed by atoms with van der Waals surface area (Å²) >= 11 is 6.97. The zero-order valence-electron chi connectivity index (χ0n) is 16.5. The number of carbonyl (C=O) groups excluding carboxylic acids is 1. The number of hydrogen-bond acceptors (Lipinski definition) is 7. The molecule has 0 aliphatic carbocycles. The zero-order valence-corrected chi connectivity index (χ0v) is 18.9. The van der Waals surface area contributed by atoms with E-state index in [0.717, 1.165) is 29.7 Å². The first kappa shape index (κ1) is 24.2. The molecule has 13 heteroatoms. The largest absolute Gasteiger partial charge is 0.481 e. The number of aliphatic carboxylic acids is 1. The molecule has 9 nitrogen and oxygen atoms in total. The van der Waals surface area contributed by atoms with E-state index in [2.05, 4.69) is 15.2 Å². The van der Waals surface area contributed by atoms with Crippen molar-refractivity contribution in [2.75, 3.05) is 11.3 Å². The Labute approximate surface area is 196 Å². The van der Waals surface area contributed by atoms with Gasteiger partial charge in [0, 0.05) is 10.6 Å². The second-order valence-electron chi connectivity index (χ2n) is 6.29. The quantitative estimate of drug-likeness (QED) is 0.297. The Morgan fingerprint density at radius 1 is 1.21 bits per heavy atom. The molecule has 0 bridgehead atoms. The molecule has 2 aromatic carbocycles. The number of hydrazone groups is 1. The van der Waals surface area contributed by atoms with Crippen molar-refractivity contribution in [2.45, 2.75) is 4.21 Å². The number of benzene rings is 2. The van der Waals surface area contributed by atoms with Gasteiger partial charge >= 0.3 is 5.97 Å². The van der Waals surface area contributed by atoms with Crippen LogP contribution in [0.25, 0.3) is 0 Å². The van der Waals surface area contributed by atoms with Gasteiger partial charge in [0.05, 0.1) is 17.5 Å². The summed E-state index contributed by atoms with van der Waals surface area (Å²) in [6.07, 6.45) is 1.05. The van der Waals surface area contributed by atoms with E-state index in [4.69, 9.17) is 21.4 Å². The highest BCUT2D eigenvalue weighted by atomic mass is 35.5. The number of carboxylic acid groups (broad SMARTS) is 1. The minimum absolute atomic E-state index is 0.0308. The number of nitrogens with one attached hydrogen (secondary N) is 2. The molecule has 3 aromatic rings. The van der Waals surface area contributed by atoms with Crippen LogP contribution in [0.3, 0.4) is 0 Å². The van der Waals surface area contributed by atoms with E-state index in [-0.39, 0.29) is 31.8 Å². The average molecular weight is 512 g/mol. The molecule has 1 heterocycles. The van der Waals surface area contributed by atoms with Crippen LogP contribution in [0.1, 0.15) is 15.9 Å². The lowest BCUT2D eigenvalue weighted by molar-refractivity contribution is -0.139. The van der Waals surface area contributed by atoms with Crippen LogP contribution in [0.4, 0.5) is 10.1 Å². The highest BCUT2D eigenvalue weighted by molar-refractivity contribution is 7.94. The SMILES string of the molecule is O=C(O)COc1ccc(F)cc1C=NNC(=O)c1cc(Cl)ccc1NS(=O)(=O)c1cccs1. The molecule has 0 atom stereocenters. The number of amides is 1. The van der Waals surface area contributed by atoms with Gasteiger partial charge in [0.2, 0.25) is 0 Å². The number of carboxylic acids is 1. The van der Waals surface area contributed by atoms with Gasteiger partial charge in [0.1, 0.15) is 15.8 Å². The van der Waals surface area contributed by atoms with Crippen molar-refractivity contribution in [1.82, 2.24) is 5.43 Å². The lowest BCUT2D eigenvalue weighted by Gasteiger charge is -2.11. The van der Waals surface area contributed by atoms with Crippen LogP contribution in [-0.4, -0.2) is 38.2 Å². The van der Waals surface area contributed by atoms with Crippen molar-refractivity contribution in [1.29, 1.82) is 0 Å². The van der Waals surface area contributed by atoms with E-state index < -0.39 is 34.3 Å². The maximum absolute atomic E-state index is 13.6. The number of sulfonamides is 1. The number of ether oxygens (including phenoxy) is 1. The van der Waals surface area contributed by atoms with Gasteiger partial charge in [-0.3, -0.25) is 9.52 Å². The van der Waals surface area contributed by atoms with Crippen LogP contribution < -0.4 is 14.9 Å². The second kappa shape index (κ2) is 10.4. The van der Waals surface area contributed by atoms with Crippen molar-refractivity contribution >= 4 is 56.7 Å². The Morgan fingerprint density at radius 2 is 2.00 bits per heavy atom. The Kier molecular flexibility index (Phi) is 7.63. The minimum Gasteiger partial charge on any atom is -0.481 e. The van der Waals surface area contributed by atoms with Crippen molar-refractivity contribution < 1.29 is 32.2 Å². The van der Waals surface area contributed by atoms with E-state index in [1.165, 1.54) is 30.3 Å². The standard InChI is InChI=1S/C20H15ClFN3O6S2/c21-13-3-5-16(25-33(29,30)19-2-1-7-32-19)15(9-13)20(28)24-23-10-12-8-14(22)4-6-17(12)31-11-18(26)27/h1-10,25H,11H2,(H,24,28)(H,26,27). The van der Waals surface area contributed by atoms with E-state index in [0.29, 0.717) is 0 Å². The molecule has 0 saturated carbocycles. The predicted molar refractivity (Wildman–Crippen MR) is 121 cm³/mol. The van der Waals surface area contributed by atoms with Gasteiger partial charge in [-0.25, -0.2) is 23.0 Å². The maximum atomic E-state index is 13.6. The molecule has 3 N–H and O–H groups in total. The Balaban J connectivity index is 1.80. The van der Waals surface area contributed by atoms with Crippen LogP contribution in [-0.2, 0) is 14.8 Å². The number of carbonyl (C=O) groups is 2. The van der Waals surface area contributed by atoms with Crippen molar-refractivity contribution in [3.8, 4) is 5.75 Å². The van der Waals surface area contributed by atoms with Gasteiger partial charge in [-0.2, -0.15) is 5.10 Å². The fraction of sp³-hybridized carbons (Fsp3) is 0.0500. The first-order chi connectivity index (χ1) is 15.7. The molecule has 0 aliphatic rings. The van der Waals surface area contributed by atoms with Gasteiger partial charge in [-0.1, -0.05) is 17.7 Å². The first-order valence-corrected chi connectivity index (χ1v) is 11.7. The minimum atomic E-state index is -3.93. The summed E-state index contributed by atoms with van der Waals surface area (Å²) in [5.74, 6) is -2.63. The molecule has 0 saturated heterocycles. The number of hydrogen-bond donors (Lipinski definition) is 3. The van der Waals surface area contributed by atoms with Crippen LogP contribution >= 0.6 is 22.9 Å². The van der Waals surface area contributed by atoms with Gasteiger partial charge in [-0.05, 0) is 47.8 Å². The Morgan fingerprint density at radius 3 is 2.70 bits per heavy atom. The third-order valence-electron chi connectivity index (χ3n) is 3.92. The molecule has 3 rings (SSSR count). The van der Waals surface area contributed by atoms with Crippen LogP contribution in [0.2, 0.25) is 5.02 Å². The van der Waals surface area contributed by atoms with Gasteiger partial charge in [0.25, 0.3) is 15.9 Å². The van der Waals surface area contributed by atoms with Gasteiger partial charge < -0.3 is 9.84 Å². The normalized spacial score (nSPS) is 11.3. The summed E-state index contributed by atoms with van der Waals surface area (Å²) in [7, 11) is -3.93. The summed E-state index contributed by atoms with van der Waals surface area (Å²) in [6.45, 7) is -0.658. The fourth-order valence-electron chi connectivity index (χ4n) is 2.52. The highest BCUT2D eigenvalue weighted by Crippen LogP contribution is 2.25. The zero-order chi connectivity index (χ0) is 24.0. The lowest BCUT2D eigenvalue weighted by atomic mass is 10.2.